The molecule has 0 aromatic carbocycles. The van der Waals surface area contributed by atoms with Crippen molar-refractivity contribution in [1.29, 1.82) is 0 Å². The molecule has 0 rings (SSSR count). The highest BCUT2D eigenvalue weighted by Crippen LogP contribution is 2.43. The van der Waals surface area contributed by atoms with E-state index < -0.39 is 26.5 Å². The monoisotopic (exact) mass is 833 g/mol. The number of ether oxygens (including phenoxy) is 2. The number of unbranched alkanes of at least 4 members (excludes halogenated alkanes) is 31. The first kappa shape index (κ1) is 56.0. The number of likely N-dealkylation sites (N-methyl/N-ethyl adjacent to an activating group) is 1. The van der Waals surface area contributed by atoms with Crippen molar-refractivity contribution in [1.82, 2.24) is 0 Å². The van der Waals surface area contributed by atoms with Crippen molar-refractivity contribution >= 4 is 19.8 Å². The van der Waals surface area contributed by atoms with Crippen LogP contribution < -0.4 is 0 Å². The predicted octanol–water partition coefficient (Wildman–Crippen LogP) is 14.0. The van der Waals surface area contributed by atoms with Crippen LogP contribution in [0.3, 0.4) is 0 Å². The maximum Gasteiger partial charge on any atom is 0.472 e. The lowest BCUT2D eigenvalue weighted by Crippen LogP contribution is -2.37. The van der Waals surface area contributed by atoms with Crippen LogP contribution in [-0.2, 0) is 32.7 Å². The van der Waals surface area contributed by atoms with Crippen molar-refractivity contribution in [2.24, 2.45) is 0 Å². The summed E-state index contributed by atoms with van der Waals surface area (Å²) in [6.07, 6.45) is 41.4. The third-order valence-electron chi connectivity index (χ3n) is 10.9. The second-order valence-electron chi connectivity index (χ2n) is 17.9. The van der Waals surface area contributed by atoms with Gasteiger partial charge in [0.25, 0.3) is 0 Å². The summed E-state index contributed by atoms with van der Waals surface area (Å²) < 4.78 is 34.4. The Balaban J connectivity index is 4.24. The molecule has 2 atom stereocenters. The molecular formula is C47H95NO8P+. The molecule has 0 fully saturated rings. The minimum Gasteiger partial charge on any atom is -0.462 e. The van der Waals surface area contributed by atoms with Crippen molar-refractivity contribution in [2.75, 3.05) is 47.5 Å². The molecule has 0 aromatic heterocycles. The molecule has 0 aliphatic heterocycles. The number of esters is 2. The minimum atomic E-state index is -4.37. The number of nitrogens with zero attached hydrogens (tertiary/aromatic N) is 1. The Kier molecular flexibility index (Phi) is 39.7. The van der Waals surface area contributed by atoms with Gasteiger partial charge in [-0.05, 0) is 12.8 Å². The highest BCUT2D eigenvalue weighted by Gasteiger charge is 2.27. The maximum atomic E-state index is 12.7. The smallest absolute Gasteiger partial charge is 0.462 e. The van der Waals surface area contributed by atoms with Crippen LogP contribution in [0, 0.1) is 0 Å². The van der Waals surface area contributed by atoms with E-state index in [0.717, 1.165) is 38.5 Å². The summed E-state index contributed by atoms with van der Waals surface area (Å²) in [5.74, 6) is -0.780. The molecule has 0 saturated carbocycles. The van der Waals surface area contributed by atoms with Gasteiger partial charge in [0.05, 0.1) is 27.7 Å². The van der Waals surface area contributed by atoms with E-state index in [4.69, 9.17) is 18.5 Å². The molecule has 1 unspecified atom stereocenters. The van der Waals surface area contributed by atoms with Crippen LogP contribution >= 0.6 is 7.82 Å². The molecule has 0 heterocycles. The molecule has 0 spiro atoms. The number of quaternary nitrogens is 1. The van der Waals surface area contributed by atoms with E-state index in [2.05, 4.69) is 13.8 Å². The van der Waals surface area contributed by atoms with E-state index in [0.29, 0.717) is 17.4 Å². The molecule has 0 aliphatic rings. The molecule has 0 aliphatic carbocycles. The molecule has 57 heavy (non-hydrogen) atoms. The van der Waals surface area contributed by atoms with Crippen LogP contribution in [0.2, 0.25) is 0 Å². The average molecular weight is 833 g/mol. The van der Waals surface area contributed by atoms with Gasteiger partial charge < -0.3 is 18.9 Å². The topological polar surface area (TPSA) is 108 Å². The van der Waals surface area contributed by atoms with Gasteiger partial charge in [0, 0.05) is 12.8 Å². The SMILES string of the molecule is CCCCCCCCCCCCCCCCCCCC(=O)OC[C@H](COP(=O)(O)OCC[N+](C)(C)C)OC(=O)CCCCCCCCCCCCCCCCCC. The molecule has 340 valence electrons. The number of hydrogen-bond acceptors (Lipinski definition) is 7. The molecule has 0 bridgehead atoms. The first-order valence-corrected chi connectivity index (χ1v) is 25.8. The first-order chi connectivity index (χ1) is 27.5. The van der Waals surface area contributed by atoms with Gasteiger partial charge in [0.15, 0.2) is 6.10 Å². The van der Waals surface area contributed by atoms with Crippen LogP contribution in [0.15, 0.2) is 0 Å². The number of hydrogen-bond donors (Lipinski definition) is 1. The van der Waals surface area contributed by atoms with Crippen molar-refractivity contribution in [3.63, 3.8) is 0 Å². The third kappa shape index (κ3) is 44.4. The van der Waals surface area contributed by atoms with E-state index in [1.165, 1.54) is 173 Å². The summed E-state index contributed by atoms with van der Waals surface area (Å²) in [5.41, 5.74) is 0. The van der Waals surface area contributed by atoms with E-state index in [-0.39, 0.29) is 25.6 Å². The van der Waals surface area contributed by atoms with Gasteiger partial charge in [-0.15, -0.1) is 0 Å². The number of phosphoric acid groups is 1. The summed E-state index contributed by atoms with van der Waals surface area (Å²) >= 11 is 0. The normalized spacial score (nSPS) is 13.4. The standard InChI is InChI=1S/C47H94NO8P/c1-6-8-10-12-14-16-18-20-22-24-26-27-29-31-33-35-37-39-46(49)53-43-45(44-55-57(51,52)54-42-41-48(3,4)5)56-47(50)40-38-36-34-32-30-28-25-23-21-19-17-15-13-11-9-7-2/h45H,6-44H2,1-5H3/p+1/t45-/m1/s1. The van der Waals surface area contributed by atoms with Crippen LogP contribution in [0.25, 0.3) is 0 Å². The Morgan fingerprint density at radius 1 is 0.474 bits per heavy atom. The summed E-state index contributed by atoms with van der Waals surface area (Å²) in [4.78, 5) is 35.5. The van der Waals surface area contributed by atoms with Gasteiger partial charge >= 0.3 is 19.8 Å². The zero-order chi connectivity index (χ0) is 42.1. The van der Waals surface area contributed by atoms with Gasteiger partial charge in [-0.1, -0.05) is 213 Å². The molecular weight excluding hydrogens is 737 g/mol. The lowest BCUT2D eigenvalue weighted by molar-refractivity contribution is -0.870. The number of phosphoric ester groups is 1. The Hall–Kier alpha value is -0.990. The second kappa shape index (κ2) is 40.4. The van der Waals surface area contributed by atoms with Gasteiger partial charge in [-0.2, -0.15) is 0 Å². The van der Waals surface area contributed by atoms with Crippen molar-refractivity contribution in [2.45, 2.75) is 245 Å². The van der Waals surface area contributed by atoms with E-state index >= 15 is 0 Å². The van der Waals surface area contributed by atoms with Gasteiger partial charge in [0.1, 0.15) is 19.8 Å². The Morgan fingerprint density at radius 2 is 0.789 bits per heavy atom. The molecule has 0 amide bonds. The lowest BCUT2D eigenvalue weighted by Gasteiger charge is -2.24. The highest BCUT2D eigenvalue weighted by molar-refractivity contribution is 7.47. The van der Waals surface area contributed by atoms with Crippen LogP contribution in [0.5, 0.6) is 0 Å². The number of carbonyl (C=O) groups is 2. The zero-order valence-electron chi connectivity index (χ0n) is 38.4. The highest BCUT2D eigenvalue weighted by atomic mass is 31.2. The molecule has 0 aromatic rings. The van der Waals surface area contributed by atoms with Gasteiger partial charge in [-0.3, -0.25) is 18.6 Å². The van der Waals surface area contributed by atoms with Crippen LogP contribution in [0.1, 0.15) is 239 Å². The first-order valence-electron chi connectivity index (χ1n) is 24.3. The summed E-state index contributed by atoms with van der Waals surface area (Å²) in [7, 11) is 1.50. The Morgan fingerprint density at radius 3 is 1.12 bits per heavy atom. The number of carbonyl (C=O) groups excluding carboxylic acids is 2. The van der Waals surface area contributed by atoms with Crippen molar-refractivity contribution in [3.8, 4) is 0 Å². The van der Waals surface area contributed by atoms with Crippen molar-refractivity contribution < 1.29 is 42.1 Å². The number of rotatable bonds is 45. The molecule has 0 saturated heterocycles. The summed E-state index contributed by atoms with van der Waals surface area (Å²) in [6, 6.07) is 0. The molecule has 10 heteroatoms. The fourth-order valence-corrected chi connectivity index (χ4v) is 7.82. The third-order valence-corrected chi connectivity index (χ3v) is 11.9. The quantitative estimate of drug-likeness (QED) is 0.0280. The fraction of sp³-hybridized carbons (Fsp3) is 0.957. The van der Waals surface area contributed by atoms with E-state index in [1.54, 1.807) is 0 Å². The Bertz CT molecular complexity index is 943. The van der Waals surface area contributed by atoms with Crippen molar-refractivity contribution in [3.05, 3.63) is 0 Å². The molecule has 9 nitrogen and oxygen atoms in total. The van der Waals surface area contributed by atoms with Gasteiger partial charge in [0.2, 0.25) is 0 Å². The summed E-state index contributed by atoms with van der Waals surface area (Å²) in [6.45, 7) is 4.48. The fourth-order valence-electron chi connectivity index (χ4n) is 7.08. The minimum absolute atomic E-state index is 0.0370. The van der Waals surface area contributed by atoms with Crippen LogP contribution in [-0.4, -0.2) is 74.9 Å². The lowest BCUT2D eigenvalue weighted by atomic mass is 10.0. The predicted molar refractivity (Wildman–Crippen MR) is 238 cm³/mol. The molecule has 0 radical (unpaired) electrons. The summed E-state index contributed by atoms with van der Waals surface area (Å²) in [5, 5.41) is 0. The average Bonchev–Trinajstić information content (AvgIpc) is 3.16. The second-order valence-corrected chi connectivity index (χ2v) is 19.3. The van der Waals surface area contributed by atoms with E-state index in [9.17, 15) is 19.0 Å². The maximum absolute atomic E-state index is 12.7. The van der Waals surface area contributed by atoms with E-state index in [1.807, 2.05) is 21.1 Å². The van der Waals surface area contributed by atoms with Crippen LogP contribution in [0.4, 0.5) is 0 Å². The van der Waals surface area contributed by atoms with Gasteiger partial charge in [-0.25, -0.2) is 4.57 Å². The molecule has 1 N–H and O–H groups in total. The Labute approximate surface area is 353 Å². The zero-order valence-corrected chi connectivity index (χ0v) is 39.2. The largest absolute Gasteiger partial charge is 0.472 e.